The second-order valence-corrected chi connectivity index (χ2v) is 3.49. The molecule has 0 aromatic carbocycles. The highest BCUT2D eigenvalue weighted by atomic mass is 79.9. The molecule has 0 radical (unpaired) electrons. The van der Waals surface area contributed by atoms with Gasteiger partial charge in [0, 0.05) is 12.4 Å². The molecule has 0 amide bonds. The van der Waals surface area contributed by atoms with Crippen molar-refractivity contribution in [3.05, 3.63) is 26.9 Å². The van der Waals surface area contributed by atoms with Crippen molar-refractivity contribution in [1.82, 2.24) is 4.98 Å². The molecular weight excluding hydrogens is 278 g/mol. The Hall–Kier alpha value is -0.420. The van der Waals surface area contributed by atoms with Crippen LogP contribution in [-0.2, 0) is 0 Å². The fraction of sp³-hybridized carbons (Fsp3) is 0. The van der Waals surface area contributed by atoms with E-state index in [1.165, 1.54) is 12.4 Å². The van der Waals surface area contributed by atoms with Crippen LogP contribution in [0.3, 0.4) is 0 Å². The van der Waals surface area contributed by atoms with Crippen LogP contribution in [0.1, 0.15) is 10.4 Å². The first kappa shape index (κ1) is 8.67. The van der Waals surface area contributed by atoms with Crippen molar-refractivity contribution >= 4 is 37.8 Å². The Morgan fingerprint density at radius 3 is 2.09 bits per heavy atom. The SMILES string of the molecule is O=C(O)c1c(Br)cncc1Br. The van der Waals surface area contributed by atoms with E-state index in [1.807, 2.05) is 0 Å². The van der Waals surface area contributed by atoms with Crippen LogP contribution in [-0.4, -0.2) is 16.1 Å². The molecule has 11 heavy (non-hydrogen) atoms. The summed E-state index contributed by atoms with van der Waals surface area (Å²) >= 11 is 6.15. The minimum Gasteiger partial charge on any atom is -0.478 e. The van der Waals surface area contributed by atoms with Gasteiger partial charge in [-0.3, -0.25) is 4.98 Å². The molecule has 0 atom stereocenters. The van der Waals surface area contributed by atoms with Crippen LogP contribution in [0, 0.1) is 0 Å². The van der Waals surface area contributed by atoms with E-state index in [-0.39, 0.29) is 5.56 Å². The van der Waals surface area contributed by atoms with Crippen LogP contribution in [0.4, 0.5) is 0 Å². The molecule has 0 aliphatic rings. The van der Waals surface area contributed by atoms with E-state index in [4.69, 9.17) is 5.11 Å². The summed E-state index contributed by atoms with van der Waals surface area (Å²) in [5.74, 6) is -0.980. The van der Waals surface area contributed by atoms with Crippen LogP contribution < -0.4 is 0 Å². The fourth-order valence-corrected chi connectivity index (χ4v) is 1.88. The first-order valence-electron chi connectivity index (χ1n) is 2.65. The maximum atomic E-state index is 10.6. The average molecular weight is 281 g/mol. The van der Waals surface area contributed by atoms with Gasteiger partial charge < -0.3 is 5.11 Å². The summed E-state index contributed by atoms with van der Waals surface area (Å²) in [4.78, 5) is 14.3. The van der Waals surface area contributed by atoms with Crippen molar-refractivity contribution in [1.29, 1.82) is 0 Å². The van der Waals surface area contributed by atoms with Gasteiger partial charge in [0.1, 0.15) is 0 Å². The number of carboxylic acid groups (broad SMARTS) is 1. The number of carbonyl (C=O) groups is 1. The van der Waals surface area contributed by atoms with Gasteiger partial charge in [-0.05, 0) is 31.9 Å². The molecule has 0 aliphatic carbocycles. The maximum absolute atomic E-state index is 10.6. The normalized spacial score (nSPS) is 9.64. The van der Waals surface area contributed by atoms with E-state index in [0.29, 0.717) is 8.95 Å². The number of aromatic nitrogens is 1. The molecule has 0 spiro atoms. The number of aromatic carboxylic acids is 1. The second kappa shape index (κ2) is 3.32. The predicted octanol–water partition coefficient (Wildman–Crippen LogP) is 2.30. The van der Waals surface area contributed by atoms with E-state index < -0.39 is 5.97 Å². The molecule has 0 aliphatic heterocycles. The topological polar surface area (TPSA) is 50.2 Å². The first-order valence-corrected chi connectivity index (χ1v) is 4.24. The Balaban J connectivity index is 3.32. The van der Waals surface area contributed by atoms with Gasteiger partial charge >= 0.3 is 5.97 Å². The Labute approximate surface area is 79.7 Å². The van der Waals surface area contributed by atoms with E-state index in [2.05, 4.69) is 36.8 Å². The minimum absolute atomic E-state index is 0.194. The summed E-state index contributed by atoms with van der Waals surface area (Å²) in [7, 11) is 0. The summed E-state index contributed by atoms with van der Waals surface area (Å²) in [6.07, 6.45) is 2.88. The Bertz CT molecular complexity index is 280. The van der Waals surface area contributed by atoms with Crippen LogP contribution in [0.2, 0.25) is 0 Å². The third kappa shape index (κ3) is 1.78. The highest BCUT2D eigenvalue weighted by Crippen LogP contribution is 2.23. The van der Waals surface area contributed by atoms with E-state index in [9.17, 15) is 4.79 Å². The highest BCUT2D eigenvalue weighted by molar-refractivity contribution is 9.11. The molecule has 0 saturated carbocycles. The molecule has 1 rings (SSSR count). The number of pyridine rings is 1. The fourth-order valence-electron chi connectivity index (χ4n) is 0.616. The lowest BCUT2D eigenvalue weighted by Gasteiger charge is -1.98. The highest BCUT2D eigenvalue weighted by Gasteiger charge is 2.11. The molecule has 0 unspecified atom stereocenters. The standard InChI is InChI=1S/C6H3Br2NO2/c7-3-1-9-2-4(8)5(3)6(10)11/h1-2H,(H,10,11). The van der Waals surface area contributed by atoms with Crippen molar-refractivity contribution in [3.8, 4) is 0 Å². The molecule has 1 heterocycles. The maximum Gasteiger partial charge on any atom is 0.338 e. The van der Waals surface area contributed by atoms with Gasteiger partial charge in [0.05, 0.1) is 14.5 Å². The summed E-state index contributed by atoms with van der Waals surface area (Å²) in [6.45, 7) is 0. The monoisotopic (exact) mass is 279 g/mol. The van der Waals surface area contributed by atoms with Crippen LogP contribution >= 0.6 is 31.9 Å². The summed E-state index contributed by atoms with van der Waals surface area (Å²) in [5.41, 5.74) is 0.194. The zero-order valence-corrected chi connectivity index (χ0v) is 8.39. The number of rotatable bonds is 1. The number of hydrogen-bond acceptors (Lipinski definition) is 2. The Morgan fingerprint density at radius 2 is 1.82 bits per heavy atom. The quantitative estimate of drug-likeness (QED) is 0.859. The zero-order chi connectivity index (χ0) is 8.43. The van der Waals surface area contributed by atoms with Crippen LogP contribution in [0.15, 0.2) is 21.3 Å². The molecule has 3 nitrogen and oxygen atoms in total. The average Bonchev–Trinajstić information content (AvgIpc) is 1.85. The van der Waals surface area contributed by atoms with E-state index >= 15 is 0 Å². The van der Waals surface area contributed by atoms with Crippen molar-refractivity contribution in [2.24, 2.45) is 0 Å². The van der Waals surface area contributed by atoms with Gasteiger partial charge in [-0.25, -0.2) is 4.79 Å². The van der Waals surface area contributed by atoms with Crippen molar-refractivity contribution in [2.45, 2.75) is 0 Å². The largest absolute Gasteiger partial charge is 0.478 e. The predicted molar refractivity (Wildman–Crippen MR) is 46.6 cm³/mol. The van der Waals surface area contributed by atoms with Gasteiger partial charge in [-0.15, -0.1) is 0 Å². The molecule has 58 valence electrons. The van der Waals surface area contributed by atoms with Gasteiger partial charge in [0.15, 0.2) is 0 Å². The van der Waals surface area contributed by atoms with Crippen LogP contribution in [0.5, 0.6) is 0 Å². The van der Waals surface area contributed by atoms with Gasteiger partial charge in [0.25, 0.3) is 0 Å². The summed E-state index contributed by atoms with van der Waals surface area (Å²) < 4.78 is 0.943. The number of carboxylic acids is 1. The molecular formula is C6H3Br2NO2. The molecule has 1 aromatic rings. The molecule has 0 fully saturated rings. The molecule has 1 N–H and O–H groups in total. The van der Waals surface area contributed by atoms with Gasteiger partial charge in [0.2, 0.25) is 0 Å². The van der Waals surface area contributed by atoms with Crippen molar-refractivity contribution in [3.63, 3.8) is 0 Å². The van der Waals surface area contributed by atoms with Gasteiger partial charge in [-0.1, -0.05) is 0 Å². The second-order valence-electron chi connectivity index (χ2n) is 1.78. The van der Waals surface area contributed by atoms with Crippen LogP contribution in [0.25, 0.3) is 0 Å². The summed E-state index contributed by atoms with van der Waals surface area (Å²) in [6, 6.07) is 0. The third-order valence-corrected chi connectivity index (χ3v) is 2.27. The van der Waals surface area contributed by atoms with Crippen molar-refractivity contribution in [2.75, 3.05) is 0 Å². The van der Waals surface area contributed by atoms with E-state index in [1.54, 1.807) is 0 Å². The van der Waals surface area contributed by atoms with E-state index in [0.717, 1.165) is 0 Å². The lowest BCUT2D eigenvalue weighted by atomic mass is 10.3. The number of halogens is 2. The molecule has 0 bridgehead atoms. The zero-order valence-electron chi connectivity index (χ0n) is 5.21. The summed E-state index contributed by atoms with van der Waals surface area (Å²) in [5, 5.41) is 8.66. The third-order valence-electron chi connectivity index (χ3n) is 1.07. The lowest BCUT2D eigenvalue weighted by Crippen LogP contribution is -1.99. The number of nitrogens with zero attached hydrogens (tertiary/aromatic N) is 1. The van der Waals surface area contributed by atoms with Crippen molar-refractivity contribution < 1.29 is 9.90 Å². The smallest absolute Gasteiger partial charge is 0.338 e. The lowest BCUT2D eigenvalue weighted by molar-refractivity contribution is 0.0694. The Kier molecular flexibility index (Phi) is 2.62. The molecule has 1 aromatic heterocycles. The minimum atomic E-state index is -0.980. The van der Waals surface area contributed by atoms with Gasteiger partial charge in [-0.2, -0.15) is 0 Å². The number of hydrogen-bond donors (Lipinski definition) is 1. The first-order chi connectivity index (χ1) is 5.13. The molecule has 0 saturated heterocycles. The molecule has 5 heteroatoms. The Morgan fingerprint density at radius 1 is 1.36 bits per heavy atom.